The zero-order valence-corrected chi connectivity index (χ0v) is 15.8. The van der Waals surface area contributed by atoms with Crippen molar-refractivity contribution in [1.82, 2.24) is 0 Å². The van der Waals surface area contributed by atoms with Crippen LogP contribution in [0.2, 0.25) is 0 Å². The van der Waals surface area contributed by atoms with Gasteiger partial charge < -0.3 is 9.64 Å². The first kappa shape index (κ1) is 17.0. The van der Waals surface area contributed by atoms with Gasteiger partial charge in [-0.3, -0.25) is 4.79 Å². The molecule has 3 unspecified atom stereocenters. The largest absolute Gasteiger partial charge is 0.368 e. The molecule has 1 amide bonds. The van der Waals surface area contributed by atoms with E-state index in [1.54, 1.807) is 0 Å². The van der Waals surface area contributed by atoms with E-state index < -0.39 is 0 Å². The lowest BCUT2D eigenvalue weighted by molar-refractivity contribution is -0.127. The van der Waals surface area contributed by atoms with Gasteiger partial charge in [-0.05, 0) is 55.7 Å². The summed E-state index contributed by atoms with van der Waals surface area (Å²) < 4.78 is 5.60. The molecule has 3 rings (SSSR count). The fourth-order valence-electron chi connectivity index (χ4n) is 3.54. The fourth-order valence-corrected chi connectivity index (χ4v) is 3.91. The molecule has 3 nitrogen and oxygen atoms in total. The van der Waals surface area contributed by atoms with Gasteiger partial charge >= 0.3 is 0 Å². The predicted molar refractivity (Wildman–Crippen MR) is 97.3 cm³/mol. The van der Waals surface area contributed by atoms with Crippen molar-refractivity contribution in [3.63, 3.8) is 0 Å². The van der Waals surface area contributed by atoms with Gasteiger partial charge in [0.2, 0.25) is 0 Å². The van der Waals surface area contributed by atoms with Crippen LogP contribution >= 0.6 is 15.9 Å². The Bertz CT molecular complexity index is 581. The average Bonchev–Trinajstić information content (AvgIpc) is 3.12. The standard InChI is InChI=1S/C19H26BrNO2/c1-12(2)16(20)11-14-6-7-17-15(10-14)9-13(3)21(17)19(22)18-5-4-8-23-18/h6-7,10,12-13,16,18H,4-5,8-9,11H2,1-3H3. The molecule has 0 aliphatic carbocycles. The van der Waals surface area contributed by atoms with Crippen molar-refractivity contribution in [2.75, 3.05) is 11.5 Å². The SMILES string of the molecule is CC(C)C(Br)Cc1ccc2c(c1)CC(C)N2C(=O)C1CCCO1. The molecule has 23 heavy (non-hydrogen) atoms. The molecule has 2 heterocycles. The number of carbonyl (C=O) groups is 1. The van der Waals surface area contributed by atoms with Crippen LogP contribution in [0.1, 0.15) is 44.7 Å². The van der Waals surface area contributed by atoms with Gasteiger partial charge in [-0.1, -0.05) is 41.9 Å². The van der Waals surface area contributed by atoms with Crippen LogP contribution in [0, 0.1) is 5.92 Å². The van der Waals surface area contributed by atoms with Gasteiger partial charge in [0.15, 0.2) is 0 Å². The van der Waals surface area contributed by atoms with E-state index in [0.717, 1.165) is 31.4 Å². The average molecular weight is 380 g/mol. The number of ether oxygens (including phenoxy) is 1. The molecule has 0 bridgehead atoms. The maximum absolute atomic E-state index is 12.8. The Morgan fingerprint density at radius 3 is 2.87 bits per heavy atom. The smallest absolute Gasteiger partial charge is 0.256 e. The number of benzene rings is 1. The summed E-state index contributed by atoms with van der Waals surface area (Å²) in [6.45, 7) is 7.31. The van der Waals surface area contributed by atoms with Crippen molar-refractivity contribution in [2.45, 2.75) is 63.4 Å². The molecule has 2 aliphatic heterocycles. The molecule has 1 fully saturated rings. The number of halogens is 1. The number of rotatable bonds is 4. The Kier molecular flexibility index (Phi) is 5.12. The van der Waals surface area contributed by atoms with E-state index in [4.69, 9.17) is 4.74 Å². The summed E-state index contributed by atoms with van der Waals surface area (Å²) in [5, 5.41) is 0. The first-order valence-electron chi connectivity index (χ1n) is 8.68. The number of nitrogens with zero attached hydrogens (tertiary/aromatic N) is 1. The minimum atomic E-state index is -0.240. The Hall–Kier alpha value is -0.870. The summed E-state index contributed by atoms with van der Waals surface area (Å²) in [5.74, 6) is 0.752. The van der Waals surface area contributed by atoms with Crippen molar-refractivity contribution >= 4 is 27.5 Å². The highest BCUT2D eigenvalue weighted by Crippen LogP contribution is 2.35. The second kappa shape index (κ2) is 6.94. The molecular weight excluding hydrogens is 354 g/mol. The molecule has 0 radical (unpaired) electrons. The molecule has 0 spiro atoms. The molecule has 0 saturated carbocycles. The maximum atomic E-state index is 12.8. The second-order valence-electron chi connectivity index (χ2n) is 7.19. The predicted octanol–water partition coefficient (Wildman–Crippen LogP) is 4.11. The summed E-state index contributed by atoms with van der Waals surface area (Å²) >= 11 is 3.77. The van der Waals surface area contributed by atoms with Crippen LogP contribution in [0.15, 0.2) is 18.2 Å². The van der Waals surface area contributed by atoms with Crippen LogP contribution in [-0.2, 0) is 22.4 Å². The van der Waals surface area contributed by atoms with E-state index in [-0.39, 0.29) is 18.1 Å². The molecule has 0 aromatic heterocycles. The van der Waals surface area contributed by atoms with E-state index >= 15 is 0 Å². The Morgan fingerprint density at radius 1 is 1.43 bits per heavy atom. The molecule has 2 aliphatic rings. The van der Waals surface area contributed by atoms with Crippen molar-refractivity contribution in [3.8, 4) is 0 Å². The fraction of sp³-hybridized carbons (Fsp3) is 0.632. The first-order chi connectivity index (χ1) is 11.0. The van der Waals surface area contributed by atoms with Crippen molar-refractivity contribution in [2.24, 2.45) is 5.92 Å². The number of anilines is 1. The van der Waals surface area contributed by atoms with E-state index in [1.807, 2.05) is 4.90 Å². The molecule has 3 atom stereocenters. The molecule has 0 N–H and O–H groups in total. The summed E-state index contributed by atoms with van der Waals surface area (Å²) in [6, 6.07) is 6.80. The molecule has 4 heteroatoms. The summed E-state index contributed by atoms with van der Waals surface area (Å²) in [7, 11) is 0. The van der Waals surface area contributed by atoms with Crippen molar-refractivity contribution < 1.29 is 9.53 Å². The lowest BCUT2D eigenvalue weighted by Gasteiger charge is -2.25. The zero-order chi connectivity index (χ0) is 16.6. The molecule has 1 aromatic rings. The third-order valence-electron chi connectivity index (χ3n) is 4.96. The minimum absolute atomic E-state index is 0.141. The molecule has 1 saturated heterocycles. The van der Waals surface area contributed by atoms with Crippen molar-refractivity contribution in [3.05, 3.63) is 29.3 Å². The lowest BCUT2D eigenvalue weighted by Crippen LogP contribution is -2.42. The van der Waals surface area contributed by atoms with Gasteiger partial charge in [-0.15, -0.1) is 0 Å². The molecule has 126 valence electrons. The third kappa shape index (κ3) is 3.48. The van der Waals surface area contributed by atoms with Gasteiger partial charge in [0.1, 0.15) is 6.10 Å². The Labute approximate surface area is 147 Å². The minimum Gasteiger partial charge on any atom is -0.368 e. The number of alkyl halides is 1. The van der Waals surface area contributed by atoms with Crippen LogP contribution in [-0.4, -0.2) is 29.5 Å². The zero-order valence-electron chi connectivity index (χ0n) is 14.2. The topological polar surface area (TPSA) is 29.5 Å². The van der Waals surface area contributed by atoms with Gasteiger partial charge in [-0.2, -0.15) is 0 Å². The monoisotopic (exact) mass is 379 g/mol. The maximum Gasteiger partial charge on any atom is 0.256 e. The number of carbonyl (C=O) groups excluding carboxylic acids is 1. The number of hydrogen-bond donors (Lipinski definition) is 0. The third-order valence-corrected chi connectivity index (χ3v) is 6.34. The molecule has 1 aromatic carbocycles. The number of amides is 1. The van der Waals surface area contributed by atoms with Crippen LogP contribution in [0.5, 0.6) is 0 Å². The van der Waals surface area contributed by atoms with Gasteiger partial charge in [0.05, 0.1) is 0 Å². The lowest BCUT2D eigenvalue weighted by atomic mass is 9.99. The van der Waals surface area contributed by atoms with E-state index in [1.165, 1.54) is 11.1 Å². The van der Waals surface area contributed by atoms with Crippen molar-refractivity contribution in [1.29, 1.82) is 0 Å². The Morgan fingerprint density at radius 2 is 2.22 bits per heavy atom. The quantitative estimate of drug-likeness (QED) is 0.736. The van der Waals surface area contributed by atoms with E-state index in [2.05, 4.69) is 54.9 Å². The Balaban J connectivity index is 1.79. The van der Waals surface area contributed by atoms with Crippen LogP contribution in [0.25, 0.3) is 0 Å². The number of hydrogen-bond acceptors (Lipinski definition) is 2. The first-order valence-corrected chi connectivity index (χ1v) is 9.59. The van der Waals surface area contributed by atoms with Crippen LogP contribution < -0.4 is 4.90 Å². The summed E-state index contributed by atoms with van der Waals surface area (Å²) in [5.41, 5.74) is 3.72. The summed E-state index contributed by atoms with van der Waals surface area (Å²) in [4.78, 5) is 15.2. The van der Waals surface area contributed by atoms with E-state index in [0.29, 0.717) is 17.4 Å². The highest BCUT2D eigenvalue weighted by atomic mass is 79.9. The summed E-state index contributed by atoms with van der Waals surface area (Å²) in [6.07, 6.45) is 3.58. The van der Waals surface area contributed by atoms with Gasteiger partial charge in [-0.25, -0.2) is 0 Å². The normalized spacial score (nSPS) is 25.0. The van der Waals surface area contributed by atoms with Gasteiger partial charge in [0, 0.05) is 23.2 Å². The number of fused-ring (bicyclic) bond motifs is 1. The van der Waals surface area contributed by atoms with Crippen LogP contribution in [0.3, 0.4) is 0 Å². The second-order valence-corrected chi connectivity index (χ2v) is 8.37. The molecular formula is C19H26BrNO2. The highest BCUT2D eigenvalue weighted by Gasteiger charge is 2.36. The van der Waals surface area contributed by atoms with E-state index in [9.17, 15) is 4.79 Å². The highest BCUT2D eigenvalue weighted by molar-refractivity contribution is 9.09. The van der Waals surface area contributed by atoms with Crippen LogP contribution in [0.4, 0.5) is 5.69 Å². The van der Waals surface area contributed by atoms with Gasteiger partial charge in [0.25, 0.3) is 5.91 Å².